The van der Waals surface area contributed by atoms with Gasteiger partial charge in [-0.3, -0.25) is 9.11 Å². The van der Waals surface area contributed by atoms with Crippen LogP contribution in [0.25, 0.3) is 0 Å². The van der Waals surface area contributed by atoms with Crippen LogP contribution in [-0.4, -0.2) is 60.7 Å². The van der Waals surface area contributed by atoms with Gasteiger partial charge >= 0.3 is 41.3 Å². The van der Waals surface area contributed by atoms with Crippen molar-refractivity contribution in [2.45, 2.75) is 0 Å². The highest BCUT2D eigenvalue weighted by Gasteiger charge is 2.00. The maximum absolute atomic E-state index is 8.88. The molecule has 0 amide bonds. The highest BCUT2D eigenvalue weighted by atomic mass is 32.3. The highest BCUT2D eigenvalue weighted by Crippen LogP contribution is 2.25. The van der Waals surface area contributed by atoms with Crippen LogP contribution in [0.5, 0.6) is 0 Å². The molecule has 0 aliphatic carbocycles. The fraction of sp³-hybridized carbons (Fsp3) is 0. The lowest BCUT2D eigenvalue weighted by Crippen LogP contribution is -1.89. The Bertz CT molecular complexity index is 192. The summed E-state index contributed by atoms with van der Waals surface area (Å²) in [5.41, 5.74) is 0. The summed E-state index contributed by atoms with van der Waals surface area (Å²) in [5.74, 6) is 0. The molecule has 0 saturated carbocycles. The zero-order valence-corrected chi connectivity index (χ0v) is 6.53. The number of hydrogen-bond donors (Lipinski definition) is 5. The van der Waals surface area contributed by atoms with Gasteiger partial charge < -0.3 is 20.2 Å². The summed E-state index contributed by atoms with van der Waals surface area (Å²) in [5, 5.41) is 0. The molecule has 0 fully saturated rings. The third-order valence-corrected chi connectivity index (χ3v) is 0. The van der Waals surface area contributed by atoms with E-state index in [1.54, 1.807) is 0 Å². The van der Waals surface area contributed by atoms with Crippen molar-refractivity contribution in [1.29, 1.82) is 0 Å². The van der Waals surface area contributed by atoms with Crippen molar-refractivity contribution in [1.82, 2.24) is 0 Å². The molecule has 12 heteroatoms. The maximum atomic E-state index is 8.88. The second-order valence-electron chi connectivity index (χ2n) is 0.961. The number of hydrogen-bond acceptors (Lipinski definition) is 3. The molecule has 0 saturated heterocycles. The Morgan fingerprint density at radius 2 is 1.00 bits per heavy atom. The van der Waals surface area contributed by atoms with E-state index >= 15 is 0 Å². The predicted molar refractivity (Wildman–Crippen MR) is 40.6 cm³/mol. The molecule has 0 bridgehead atoms. The van der Waals surface area contributed by atoms with Gasteiger partial charge in [-0.15, -0.1) is 0 Å². The second kappa shape index (κ2) is 8.31. The first-order chi connectivity index (χ1) is 4.00. The highest BCUT2D eigenvalue weighted by molar-refractivity contribution is 7.79. The molecular formula is H9MgO9PS. The number of rotatable bonds is 0. The van der Waals surface area contributed by atoms with Crippen molar-refractivity contribution in [2.75, 3.05) is 0 Å². The predicted octanol–water partition coefficient (Wildman–Crippen LogP) is -3.32. The summed E-state index contributed by atoms with van der Waals surface area (Å²) >= 11 is 0. The summed E-state index contributed by atoms with van der Waals surface area (Å²) in [6.07, 6.45) is 0. The topological polar surface area (TPSA) is 184 Å². The lowest BCUT2D eigenvalue weighted by Gasteiger charge is -1.82. The Morgan fingerprint density at radius 1 is 1.00 bits per heavy atom. The van der Waals surface area contributed by atoms with Crippen LogP contribution in [0.15, 0.2) is 0 Å². The van der Waals surface area contributed by atoms with Gasteiger partial charge in [-0.1, -0.05) is 0 Å². The molecule has 0 rings (SSSR count). The first kappa shape index (κ1) is 23.0. The molecule has 0 atom stereocenters. The average molecular weight is 240 g/mol. The van der Waals surface area contributed by atoms with E-state index in [-0.39, 0.29) is 28.5 Å². The van der Waals surface area contributed by atoms with Gasteiger partial charge in [0.2, 0.25) is 0 Å². The van der Waals surface area contributed by atoms with Crippen molar-refractivity contribution in [3.63, 3.8) is 0 Å². The van der Waals surface area contributed by atoms with E-state index in [4.69, 9.17) is 36.8 Å². The fourth-order valence-corrected chi connectivity index (χ4v) is 0. The normalized spacial score (nSPS) is 9.75. The van der Waals surface area contributed by atoms with E-state index in [1.165, 1.54) is 0 Å². The van der Waals surface area contributed by atoms with Gasteiger partial charge in [0.25, 0.3) is 0 Å². The molecule has 0 radical (unpaired) electrons. The molecule has 0 aliphatic heterocycles. The summed E-state index contributed by atoms with van der Waals surface area (Å²) in [4.78, 5) is 21.6. The zero-order chi connectivity index (χ0) is 9.00. The standard InChI is InChI=1S/Mg.H3O4P.H2O4S.H2O.2H/c;2*1-5(2,3)4;;;/h;(H3,1,2,3,4);(H2,1,2,3,4);1H2;;. The average Bonchev–Trinajstić information content (AvgIpc) is 1.12. The molecule has 0 heterocycles. The van der Waals surface area contributed by atoms with Gasteiger partial charge in [-0.25, -0.2) is 4.57 Å². The lowest BCUT2D eigenvalue weighted by atomic mass is 15.8. The number of phosphoric acid groups is 1. The van der Waals surface area contributed by atoms with Crippen LogP contribution in [0.1, 0.15) is 0 Å². The first-order valence-electron chi connectivity index (χ1n) is 1.48. The molecule has 0 aliphatic rings. The maximum Gasteiger partial charge on any atom is 0.466 e. The molecule has 0 aromatic carbocycles. The molecule has 0 aromatic heterocycles. The van der Waals surface area contributed by atoms with Gasteiger partial charge in [0.15, 0.2) is 0 Å². The van der Waals surface area contributed by atoms with E-state index in [1.807, 2.05) is 0 Å². The Morgan fingerprint density at radius 3 is 1.00 bits per heavy atom. The van der Waals surface area contributed by atoms with E-state index in [0.29, 0.717) is 0 Å². The second-order valence-corrected chi connectivity index (χ2v) is 2.88. The third kappa shape index (κ3) is 2020. The van der Waals surface area contributed by atoms with Crippen LogP contribution in [0.2, 0.25) is 0 Å². The summed E-state index contributed by atoms with van der Waals surface area (Å²) < 4.78 is 40.5. The lowest BCUT2D eigenvalue weighted by molar-refractivity contribution is 0.275. The van der Waals surface area contributed by atoms with Gasteiger partial charge in [-0.05, 0) is 0 Å². The molecule has 7 N–H and O–H groups in total. The van der Waals surface area contributed by atoms with Gasteiger partial charge in [-0.2, -0.15) is 8.42 Å². The summed E-state index contributed by atoms with van der Waals surface area (Å²) in [7, 11) is -9.31. The van der Waals surface area contributed by atoms with E-state index in [2.05, 4.69) is 0 Å². The Labute approximate surface area is 83.7 Å². The quantitative estimate of drug-likeness (QED) is 0.165. The van der Waals surface area contributed by atoms with Crippen LogP contribution in [0, 0.1) is 0 Å². The minimum absolute atomic E-state index is 0. The van der Waals surface area contributed by atoms with Crippen LogP contribution in [0.4, 0.5) is 0 Å². The van der Waals surface area contributed by atoms with Gasteiger partial charge in [0, 0.05) is 0 Å². The minimum Gasteiger partial charge on any atom is -0.412 e. The first-order valence-corrected chi connectivity index (χ1v) is 4.44. The summed E-state index contributed by atoms with van der Waals surface area (Å²) in [6, 6.07) is 0. The van der Waals surface area contributed by atoms with E-state index < -0.39 is 18.2 Å². The monoisotopic (exact) mass is 240 g/mol. The van der Waals surface area contributed by atoms with E-state index in [9.17, 15) is 0 Å². The van der Waals surface area contributed by atoms with E-state index in [0.717, 1.165) is 0 Å². The largest absolute Gasteiger partial charge is 0.466 e. The van der Waals surface area contributed by atoms with Crippen molar-refractivity contribution in [3.8, 4) is 0 Å². The Balaban J connectivity index is -0.0000000457. The van der Waals surface area contributed by atoms with Crippen molar-refractivity contribution < 1.29 is 42.2 Å². The van der Waals surface area contributed by atoms with Crippen LogP contribution in [0.3, 0.4) is 0 Å². The third-order valence-electron chi connectivity index (χ3n) is 0. The fourth-order valence-electron chi connectivity index (χ4n) is 0. The van der Waals surface area contributed by atoms with Crippen molar-refractivity contribution >= 4 is 41.3 Å². The minimum atomic E-state index is -4.67. The van der Waals surface area contributed by atoms with Crippen LogP contribution in [-0.2, 0) is 15.0 Å². The van der Waals surface area contributed by atoms with Crippen LogP contribution < -0.4 is 0 Å². The van der Waals surface area contributed by atoms with Gasteiger partial charge in [0.05, 0.1) is 0 Å². The molecule has 12 heavy (non-hydrogen) atoms. The molecule has 0 spiro atoms. The van der Waals surface area contributed by atoms with Gasteiger partial charge in [0.1, 0.15) is 0 Å². The molecular weight excluding hydrogens is 231 g/mol. The Kier molecular flexibility index (Phi) is 15.9. The SMILES string of the molecule is O.O=P(O)(O)O.O=S(=O)(O)O.[MgH2]. The molecule has 0 aromatic rings. The zero-order valence-electron chi connectivity index (χ0n) is 4.82. The van der Waals surface area contributed by atoms with Crippen molar-refractivity contribution in [3.05, 3.63) is 0 Å². The molecule has 9 nitrogen and oxygen atoms in total. The summed E-state index contributed by atoms with van der Waals surface area (Å²) in [6.45, 7) is 0. The smallest absolute Gasteiger partial charge is 0.412 e. The Hall–Kier alpha value is 0.706. The molecule has 0 unspecified atom stereocenters. The molecule has 76 valence electrons. The van der Waals surface area contributed by atoms with Crippen molar-refractivity contribution in [2.24, 2.45) is 0 Å². The van der Waals surface area contributed by atoms with Crippen LogP contribution >= 0.6 is 7.82 Å².